The van der Waals surface area contributed by atoms with Gasteiger partial charge < -0.3 is 4.90 Å². The van der Waals surface area contributed by atoms with Gasteiger partial charge in [-0.3, -0.25) is 9.59 Å². The van der Waals surface area contributed by atoms with Crippen LogP contribution in [0.5, 0.6) is 0 Å². The fourth-order valence-electron chi connectivity index (χ4n) is 0.607. The Morgan fingerprint density at radius 2 is 2.10 bits per heavy atom. The largest absolute Gasteiger partial charge is 0.309 e. The smallest absolute Gasteiger partial charge is 0.272 e. The van der Waals surface area contributed by atoms with Crippen molar-refractivity contribution in [2.45, 2.75) is 12.8 Å². The van der Waals surface area contributed by atoms with Crippen molar-refractivity contribution < 1.29 is 9.59 Å². The minimum Gasteiger partial charge on any atom is -0.309 e. The molecule has 10 heavy (non-hydrogen) atoms. The van der Waals surface area contributed by atoms with E-state index in [1.807, 2.05) is 19.0 Å². The first kappa shape index (κ1) is 9.30. The van der Waals surface area contributed by atoms with E-state index in [1.54, 1.807) is 0 Å². The normalized spacial score (nSPS) is 9.90. The molecule has 0 bridgehead atoms. The molecule has 0 aromatic heterocycles. The second-order valence-corrected chi connectivity index (χ2v) is 2.43. The Morgan fingerprint density at radius 3 is 2.50 bits per heavy atom. The van der Waals surface area contributed by atoms with Crippen molar-refractivity contribution in [3.05, 3.63) is 0 Å². The molecule has 0 aliphatic carbocycles. The van der Waals surface area contributed by atoms with E-state index in [1.165, 1.54) is 6.29 Å². The fraction of sp³-hybridized carbons (Fsp3) is 0.714. The highest BCUT2D eigenvalue weighted by Gasteiger charge is 1.99. The van der Waals surface area contributed by atoms with Gasteiger partial charge in [-0.2, -0.15) is 0 Å². The second kappa shape index (κ2) is 5.11. The van der Waals surface area contributed by atoms with Crippen molar-refractivity contribution in [3.63, 3.8) is 0 Å². The van der Waals surface area contributed by atoms with E-state index < -0.39 is 5.78 Å². The molecule has 0 fully saturated rings. The number of nitrogens with zero attached hydrogens (tertiary/aromatic N) is 1. The van der Waals surface area contributed by atoms with Crippen LogP contribution < -0.4 is 0 Å². The zero-order chi connectivity index (χ0) is 7.98. The maximum atomic E-state index is 10.4. The van der Waals surface area contributed by atoms with Crippen molar-refractivity contribution in [2.24, 2.45) is 0 Å². The van der Waals surface area contributed by atoms with Gasteiger partial charge >= 0.3 is 0 Å². The lowest BCUT2D eigenvalue weighted by Crippen LogP contribution is -2.14. The Balaban J connectivity index is 3.19. The minimum absolute atomic E-state index is 0.321. The van der Waals surface area contributed by atoms with E-state index in [0.717, 1.165) is 13.0 Å². The number of hydrogen-bond donors (Lipinski definition) is 0. The standard InChI is InChI=1S/C7H12NO2/c1-8(2)5-3-4-7(10)6-9/h3-5H2,1-2H3. The SMILES string of the molecule is CN(C)CCCC(=O)[C]=O. The van der Waals surface area contributed by atoms with Crippen LogP contribution in [-0.4, -0.2) is 37.6 Å². The molecule has 0 heterocycles. The van der Waals surface area contributed by atoms with E-state index in [4.69, 9.17) is 0 Å². The molecule has 0 aliphatic heterocycles. The molecule has 0 aliphatic rings. The summed E-state index contributed by atoms with van der Waals surface area (Å²) in [5.41, 5.74) is 0. The number of carbonyl (C=O) groups is 1. The molecular weight excluding hydrogens is 130 g/mol. The molecule has 1 radical (unpaired) electrons. The van der Waals surface area contributed by atoms with Gasteiger partial charge in [0, 0.05) is 6.42 Å². The summed E-state index contributed by atoms with van der Waals surface area (Å²) < 4.78 is 0. The highest BCUT2D eigenvalue weighted by molar-refractivity contribution is 6.25. The van der Waals surface area contributed by atoms with Crippen LogP contribution in [0.2, 0.25) is 0 Å². The van der Waals surface area contributed by atoms with Crippen molar-refractivity contribution in [1.29, 1.82) is 0 Å². The van der Waals surface area contributed by atoms with E-state index >= 15 is 0 Å². The number of hydrogen-bond acceptors (Lipinski definition) is 3. The van der Waals surface area contributed by atoms with Crippen LogP contribution in [0.1, 0.15) is 12.8 Å². The molecule has 0 saturated carbocycles. The predicted octanol–water partition coefficient (Wildman–Crippen LogP) is 0.00700. The lowest BCUT2D eigenvalue weighted by molar-refractivity contribution is -0.113. The third-order valence-electron chi connectivity index (χ3n) is 1.12. The van der Waals surface area contributed by atoms with Crippen LogP contribution >= 0.6 is 0 Å². The van der Waals surface area contributed by atoms with Crippen LogP contribution in [0.3, 0.4) is 0 Å². The average Bonchev–Trinajstić information content (AvgIpc) is 1.87. The minimum atomic E-state index is -0.429. The highest BCUT2D eigenvalue weighted by Crippen LogP contribution is 1.89. The van der Waals surface area contributed by atoms with Crippen LogP contribution in [0, 0.1) is 0 Å². The summed E-state index contributed by atoms with van der Waals surface area (Å²) in [7, 11) is 3.85. The third-order valence-corrected chi connectivity index (χ3v) is 1.12. The molecule has 57 valence electrons. The van der Waals surface area contributed by atoms with Gasteiger partial charge in [0.15, 0.2) is 0 Å². The molecule has 3 heteroatoms. The number of rotatable bonds is 5. The molecule has 0 amide bonds. The molecule has 0 aromatic rings. The van der Waals surface area contributed by atoms with Crippen molar-refractivity contribution in [2.75, 3.05) is 20.6 Å². The second-order valence-electron chi connectivity index (χ2n) is 2.43. The summed E-state index contributed by atoms with van der Waals surface area (Å²) in [6.45, 7) is 0.841. The molecule has 0 atom stereocenters. The lowest BCUT2D eigenvalue weighted by atomic mass is 10.2. The molecule has 0 N–H and O–H groups in total. The molecule has 0 saturated heterocycles. The maximum absolute atomic E-state index is 10.4. The predicted molar refractivity (Wildman–Crippen MR) is 38.5 cm³/mol. The molecule has 0 unspecified atom stereocenters. The lowest BCUT2D eigenvalue weighted by Gasteiger charge is -2.06. The van der Waals surface area contributed by atoms with E-state index in [2.05, 4.69) is 0 Å². The first-order valence-corrected chi connectivity index (χ1v) is 3.22. The van der Waals surface area contributed by atoms with Crippen LogP contribution in [-0.2, 0) is 9.59 Å². The van der Waals surface area contributed by atoms with E-state index in [9.17, 15) is 9.59 Å². The third kappa shape index (κ3) is 5.44. The first-order valence-electron chi connectivity index (χ1n) is 3.22. The van der Waals surface area contributed by atoms with Gasteiger partial charge in [0.1, 0.15) is 0 Å². The van der Waals surface area contributed by atoms with Crippen molar-refractivity contribution in [1.82, 2.24) is 4.90 Å². The quantitative estimate of drug-likeness (QED) is 0.507. The number of ketones is 1. The van der Waals surface area contributed by atoms with E-state index in [-0.39, 0.29) is 0 Å². The Hall–Kier alpha value is -0.700. The fourth-order valence-corrected chi connectivity index (χ4v) is 0.607. The van der Waals surface area contributed by atoms with Crippen LogP contribution in [0.15, 0.2) is 0 Å². The summed E-state index contributed by atoms with van der Waals surface area (Å²) in [4.78, 5) is 22.0. The van der Waals surface area contributed by atoms with Gasteiger partial charge in [-0.25, -0.2) is 0 Å². The Labute approximate surface area is 61.0 Å². The Morgan fingerprint density at radius 1 is 1.50 bits per heavy atom. The van der Waals surface area contributed by atoms with Gasteiger partial charge in [-0.05, 0) is 27.1 Å². The maximum Gasteiger partial charge on any atom is 0.272 e. The van der Waals surface area contributed by atoms with Gasteiger partial charge in [-0.1, -0.05) is 0 Å². The molecule has 3 nitrogen and oxygen atoms in total. The van der Waals surface area contributed by atoms with Gasteiger partial charge in [-0.15, -0.1) is 0 Å². The van der Waals surface area contributed by atoms with Crippen molar-refractivity contribution in [3.8, 4) is 0 Å². The first-order chi connectivity index (χ1) is 4.66. The Bertz CT molecular complexity index is 121. The van der Waals surface area contributed by atoms with E-state index in [0.29, 0.717) is 6.42 Å². The number of carbonyl (C=O) groups excluding carboxylic acids is 2. The van der Waals surface area contributed by atoms with Gasteiger partial charge in [0.2, 0.25) is 5.78 Å². The highest BCUT2D eigenvalue weighted by atomic mass is 16.2. The summed E-state index contributed by atoms with van der Waals surface area (Å²) in [6.07, 6.45) is 2.39. The summed E-state index contributed by atoms with van der Waals surface area (Å²) in [5, 5.41) is 0. The topological polar surface area (TPSA) is 37.4 Å². The van der Waals surface area contributed by atoms with Gasteiger partial charge in [0.05, 0.1) is 0 Å². The molecule has 0 aromatic carbocycles. The molecule has 0 rings (SSSR count). The Kier molecular flexibility index (Phi) is 4.76. The monoisotopic (exact) mass is 142 g/mol. The zero-order valence-electron chi connectivity index (χ0n) is 6.39. The molecular formula is C7H12NO2. The summed E-state index contributed by atoms with van der Waals surface area (Å²) in [5.74, 6) is -0.429. The van der Waals surface area contributed by atoms with Crippen LogP contribution in [0.25, 0.3) is 0 Å². The number of Topliss-reactive ketones (excluding diaryl/α,β-unsaturated/α-hetero) is 1. The van der Waals surface area contributed by atoms with Crippen molar-refractivity contribution >= 4 is 12.1 Å². The molecule has 0 spiro atoms. The summed E-state index contributed by atoms with van der Waals surface area (Å²) in [6, 6.07) is 0. The summed E-state index contributed by atoms with van der Waals surface area (Å²) >= 11 is 0. The van der Waals surface area contributed by atoms with Crippen LogP contribution in [0.4, 0.5) is 0 Å². The van der Waals surface area contributed by atoms with Gasteiger partial charge in [0.25, 0.3) is 6.29 Å². The zero-order valence-corrected chi connectivity index (χ0v) is 6.39. The average molecular weight is 142 g/mol.